The van der Waals surface area contributed by atoms with Gasteiger partial charge in [-0.05, 0) is 52.1 Å². The largest absolute Gasteiger partial charge is 0.416 e. The molecular weight excluding hydrogens is 535 g/mol. The Balaban J connectivity index is 1.93. The first kappa shape index (κ1) is 33.1. The second-order valence-corrected chi connectivity index (χ2v) is 9.57. The van der Waals surface area contributed by atoms with Crippen LogP contribution in [0.4, 0.5) is 30.6 Å². The van der Waals surface area contributed by atoms with Crippen molar-refractivity contribution in [2.75, 3.05) is 51.4 Å². The number of anilines is 3. The fraction of sp³-hybridized carbons (Fsp3) is 0.448. The summed E-state index contributed by atoms with van der Waals surface area (Å²) in [5.74, 6) is 6.18. The van der Waals surface area contributed by atoms with E-state index < -0.39 is 17.8 Å². The van der Waals surface area contributed by atoms with E-state index in [1.54, 1.807) is 20.0 Å². The van der Waals surface area contributed by atoms with Gasteiger partial charge in [-0.25, -0.2) is 4.98 Å². The molecule has 0 saturated heterocycles. The fourth-order valence-corrected chi connectivity index (χ4v) is 3.36. The Bertz CT molecular complexity index is 1250. The fourth-order valence-electron chi connectivity index (χ4n) is 3.36. The second kappa shape index (κ2) is 16.2. The second-order valence-electron chi connectivity index (χ2n) is 9.57. The summed E-state index contributed by atoms with van der Waals surface area (Å²) < 4.78 is 39.1. The Hall–Kier alpha value is -4.11. The standard InChI is InChI=1S/C29H38F3N7O2/c1-6-16-33-26-22(20-35-28(37-26)36-24-14-10-13-23(19-24)29(30,31)32)12-8-7-9-17-34-27(41)21(2)39(5)25(40)15-11-18-38(3)4/h10-11,13-15,19-21H,6-7,9,16-18H2,1-5H3,(H,34,41)(H2,33,35,36,37)/t21-/m0/s1. The van der Waals surface area contributed by atoms with Gasteiger partial charge >= 0.3 is 6.18 Å². The summed E-state index contributed by atoms with van der Waals surface area (Å²) >= 11 is 0. The van der Waals surface area contributed by atoms with E-state index in [1.807, 2.05) is 25.9 Å². The minimum atomic E-state index is -4.45. The minimum absolute atomic E-state index is 0.141. The number of hydrogen-bond donors (Lipinski definition) is 3. The average Bonchev–Trinajstić information content (AvgIpc) is 2.92. The normalized spacial score (nSPS) is 12.0. The number of benzene rings is 1. The summed E-state index contributed by atoms with van der Waals surface area (Å²) in [5, 5.41) is 8.81. The van der Waals surface area contributed by atoms with Crippen LogP contribution in [-0.4, -0.2) is 78.4 Å². The van der Waals surface area contributed by atoms with Gasteiger partial charge in [0.05, 0.1) is 17.3 Å². The van der Waals surface area contributed by atoms with Crippen LogP contribution >= 0.6 is 0 Å². The number of amides is 2. The van der Waals surface area contributed by atoms with Crippen molar-refractivity contribution in [2.24, 2.45) is 0 Å². The highest BCUT2D eigenvalue weighted by atomic mass is 19.4. The van der Waals surface area contributed by atoms with Crippen molar-refractivity contribution in [1.82, 2.24) is 25.1 Å². The van der Waals surface area contributed by atoms with Gasteiger partial charge in [0.1, 0.15) is 11.9 Å². The SMILES string of the molecule is CCCNc1nc(Nc2cccc(C(F)(F)F)c2)ncc1C#CCCCNC(=O)[C@H](C)N(C)C(=O)C=CCN(C)C. The van der Waals surface area contributed by atoms with Crippen LogP contribution in [0.3, 0.4) is 0 Å². The van der Waals surface area contributed by atoms with Gasteiger partial charge in [0, 0.05) is 44.9 Å². The van der Waals surface area contributed by atoms with E-state index in [9.17, 15) is 22.8 Å². The molecule has 9 nitrogen and oxygen atoms in total. The molecule has 0 fully saturated rings. The molecule has 41 heavy (non-hydrogen) atoms. The molecule has 0 aliphatic heterocycles. The average molecular weight is 574 g/mol. The highest BCUT2D eigenvalue weighted by Gasteiger charge is 2.30. The molecule has 1 aromatic carbocycles. The molecule has 0 radical (unpaired) electrons. The third kappa shape index (κ3) is 11.5. The molecule has 0 spiro atoms. The minimum Gasteiger partial charge on any atom is -0.369 e. The number of unbranched alkanes of at least 4 members (excludes halogenated alkanes) is 1. The lowest BCUT2D eigenvalue weighted by atomic mass is 10.2. The van der Waals surface area contributed by atoms with E-state index in [1.165, 1.54) is 29.3 Å². The highest BCUT2D eigenvalue weighted by Crippen LogP contribution is 2.31. The zero-order valence-electron chi connectivity index (χ0n) is 24.1. The van der Waals surface area contributed by atoms with E-state index >= 15 is 0 Å². The van der Waals surface area contributed by atoms with Gasteiger partial charge in [-0.15, -0.1) is 0 Å². The maximum absolute atomic E-state index is 13.0. The van der Waals surface area contributed by atoms with Crippen LogP contribution in [0.2, 0.25) is 0 Å². The molecule has 0 saturated carbocycles. The molecule has 2 rings (SSSR count). The molecule has 3 N–H and O–H groups in total. The molecule has 2 aromatic rings. The number of halogens is 3. The molecule has 0 unspecified atom stereocenters. The van der Waals surface area contributed by atoms with Crippen molar-refractivity contribution >= 4 is 29.3 Å². The molecule has 1 aromatic heterocycles. The van der Waals surface area contributed by atoms with Crippen LogP contribution in [0.5, 0.6) is 0 Å². The van der Waals surface area contributed by atoms with Crippen LogP contribution in [0.1, 0.15) is 44.2 Å². The third-order valence-electron chi connectivity index (χ3n) is 5.82. The number of likely N-dealkylation sites (N-methyl/N-ethyl adjacent to an activating group) is 2. The van der Waals surface area contributed by atoms with Crippen molar-refractivity contribution in [3.05, 3.63) is 53.7 Å². The maximum atomic E-state index is 13.0. The number of alkyl halides is 3. The van der Waals surface area contributed by atoms with Crippen LogP contribution in [-0.2, 0) is 15.8 Å². The van der Waals surface area contributed by atoms with Crippen molar-refractivity contribution in [3.8, 4) is 11.8 Å². The van der Waals surface area contributed by atoms with Gasteiger partial charge in [-0.1, -0.05) is 30.9 Å². The lowest BCUT2D eigenvalue weighted by Gasteiger charge is -2.23. The summed E-state index contributed by atoms with van der Waals surface area (Å²) in [6.45, 7) is 5.31. The Morgan fingerprint density at radius 3 is 2.61 bits per heavy atom. The Kier molecular flexibility index (Phi) is 13.1. The van der Waals surface area contributed by atoms with Gasteiger partial charge < -0.3 is 25.8 Å². The molecule has 1 heterocycles. The van der Waals surface area contributed by atoms with Crippen molar-refractivity contribution in [2.45, 2.75) is 45.3 Å². The summed E-state index contributed by atoms with van der Waals surface area (Å²) in [5.41, 5.74) is -0.00535. The van der Waals surface area contributed by atoms with E-state index in [4.69, 9.17) is 0 Å². The summed E-state index contributed by atoms with van der Waals surface area (Å²) in [7, 11) is 5.39. The van der Waals surface area contributed by atoms with Crippen molar-refractivity contribution in [3.63, 3.8) is 0 Å². The lowest BCUT2D eigenvalue weighted by molar-refractivity contribution is -0.137. The molecule has 0 bridgehead atoms. The summed E-state index contributed by atoms with van der Waals surface area (Å²) in [6, 6.07) is 4.19. The van der Waals surface area contributed by atoms with Crippen LogP contribution in [0.25, 0.3) is 0 Å². The van der Waals surface area contributed by atoms with E-state index in [2.05, 4.69) is 37.8 Å². The predicted molar refractivity (Wildman–Crippen MR) is 155 cm³/mol. The van der Waals surface area contributed by atoms with Gasteiger partial charge in [-0.3, -0.25) is 9.59 Å². The monoisotopic (exact) mass is 573 g/mol. The molecule has 0 aliphatic rings. The van der Waals surface area contributed by atoms with E-state index in [0.29, 0.717) is 43.9 Å². The number of rotatable bonds is 13. The lowest BCUT2D eigenvalue weighted by Crippen LogP contribution is -2.45. The van der Waals surface area contributed by atoms with Crippen LogP contribution < -0.4 is 16.0 Å². The van der Waals surface area contributed by atoms with Gasteiger partial charge in [0.15, 0.2) is 0 Å². The smallest absolute Gasteiger partial charge is 0.369 e. The zero-order valence-corrected chi connectivity index (χ0v) is 24.1. The van der Waals surface area contributed by atoms with Crippen LogP contribution in [0.15, 0.2) is 42.6 Å². The zero-order chi connectivity index (χ0) is 30.4. The maximum Gasteiger partial charge on any atom is 0.416 e. The van der Waals surface area contributed by atoms with Gasteiger partial charge in [-0.2, -0.15) is 18.2 Å². The molecule has 222 valence electrons. The number of nitrogens with one attached hydrogen (secondary N) is 3. The quantitative estimate of drug-likeness (QED) is 0.187. The number of aromatic nitrogens is 2. The Morgan fingerprint density at radius 1 is 1.17 bits per heavy atom. The molecule has 0 aliphatic carbocycles. The van der Waals surface area contributed by atoms with Crippen LogP contribution in [0, 0.1) is 11.8 Å². The van der Waals surface area contributed by atoms with Gasteiger partial charge in [0.2, 0.25) is 17.8 Å². The highest BCUT2D eigenvalue weighted by molar-refractivity contribution is 5.92. The molecule has 1 atom stereocenters. The number of carbonyl (C=O) groups is 2. The predicted octanol–water partition coefficient (Wildman–Crippen LogP) is 4.27. The Morgan fingerprint density at radius 2 is 1.93 bits per heavy atom. The van der Waals surface area contributed by atoms with E-state index in [0.717, 1.165) is 18.6 Å². The Labute approximate surface area is 239 Å². The first-order valence-electron chi connectivity index (χ1n) is 13.3. The molecule has 2 amide bonds. The topological polar surface area (TPSA) is 102 Å². The van der Waals surface area contributed by atoms with Gasteiger partial charge in [0.25, 0.3) is 0 Å². The van der Waals surface area contributed by atoms with Crippen molar-refractivity contribution in [1.29, 1.82) is 0 Å². The van der Waals surface area contributed by atoms with E-state index in [-0.39, 0.29) is 23.5 Å². The molecular formula is C29H38F3N7O2. The first-order valence-corrected chi connectivity index (χ1v) is 13.3. The van der Waals surface area contributed by atoms with Crippen molar-refractivity contribution < 1.29 is 22.8 Å². The first-order chi connectivity index (χ1) is 19.4. The third-order valence-corrected chi connectivity index (χ3v) is 5.82. The number of nitrogens with zero attached hydrogens (tertiary/aromatic N) is 4. The molecule has 12 heteroatoms. The summed E-state index contributed by atoms with van der Waals surface area (Å²) in [6.07, 6.45) is 2.19. The number of hydrogen-bond acceptors (Lipinski definition) is 7. The number of carbonyl (C=O) groups excluding carboxylic acids is 2. The summed E-state index contributed by atoms with van der Waals surface area (Å²) in [4.78, 5) is 36.6.